The predicted octanol–water partition coefficient (Wildman–Crippen LogP) is 1.41. The van der Waals surface area contributed by atoms with Gasteiger partial charge in [0.15, 0.2) is 5.15 Å². The Labute approximate surface area is 75.4 Å². The maximum Gasteiger partial charge on any atom is 0.151 e. The highest BCUT2D eigenvalue weighted by molar-refractivity contribution is 7.80. The van der Waals surface area contributed by atoms with E-state index in [9.17, 15) is 0 Å². The second kappa shape index (κ2) is 4.22. The highest BCUT2D eigenvalue weighted by atomic mass is 35.5. The zero-order valence-electron chi connectivity index (χ0n) is 5.58. The molecule has 0 aromatic carbocycles. The van der Waals surface area contributed by atoms with Crippen LogP contribution in [0.4, 0.5) is 0 Å². The van der Waals surface area contributed by atoms with Crippen molar-refractivity contribution >= 4 is 24.2 Å². The Hall–Kier alpha value is -0.720. The summed E-state index contributed by atoms with van der Waals surface area (Å²) in [6.07, 6.45) is 0. The molecule has 56 valence electrons. The molecule has 11 heavy (non-hydrogen) atoms. The Morgan fingerprint density at radius 3 is 2.82 bits per heavy atom. The molecule has 4 heteroatoms. The SMILES string of the molecule is SCC#Cc1ccc(Cl)nn1. The number of aromatic nitrogens is 2. The van der Waals surface area contributed by atoms with Crippen LogP contribution in [0.15, 0.2) is 12.1 Å². The van der Waals surface area contributed by atoms with Crippen LogP contribution in [0.25, 0.3) is 0 Å². The minimum atomic E-state index is 0.376. The molecular formula is C7H5ClN2S. The molecule has 0 spiro atoms. The Morgan fingerprint density at radius 1 is 1.45 bits per heavy atom. The Bertz CT molecular complexity index is 286. The van der Waals surface area contributed by atoms with Crippen LogP contribution in [0.3, 0.4) is 0 Å². The summed E-state index contributed by atoms with van der Waals surface area (Å²) < 4.78 is 0. The second-order valence-corrected chi connectivity index (χ2v) is 2.40. The van der Waals surface area contributed by atoms with E-state index in [2.05, 4.69) is 34.7 Å². The average Bonchev–Trinajstić information content (AvgIpc) is 2.04. The van der Waals surface area contributed by atoms with Crippen LogP contribution in [0, 0.1) is 11.8 Å². The van der Waals surface area contributed by atoms with E-state index in [4.69, 9.17) is 11.6 Å². The lowest BCUT2D eigenvalue weighted by Crippen LogP contribution is -1.85. The van der Waals surface area contributed by atoms with Crippen LogP contribution < -0.4 is 0 Å². The number of rotatable bonds is 0. The molecule has 0 fully saturated rings. The number of hydrogen-bond acceptors (Lipinski definition) is 3. The molecule has 0 bridgehead atoms. The largest absolute Gasteiger partial charge is 0.166 e. The van der Waals surface area contributed by atoms with E-state index in [1.807, 2.05) is 0 Å². The number of halogens is 1. The van der Waals surface area contributed by atoms with Gasteiger partial charge in [0.25, 0.3) is 0 Å². The molecule has 0 unspecified atom stereocenters. The predicted molar refractivity (Wildman–Crippen MR) is 47.8 cm³/mol. The van der Waals surface area contributed by atoms with Crippen molar-refractivity contribution in [2.45, 2.75) is 0 Å². The summed E-state index contributed by atoms with van der Waals surface area (Å²) in [5, 5.41) is 7.72. The third-order valence-electron chi connectivity index (χ3n) is 0.928. The van der Waals surface area contributed by atoms with Crippen molar-refractivity contribution in [1.29, 1.82) is 0 Å². The molecule has 0 N–H and O–H groups in total. The van der Waals surface area contributed by atoms with Crippen molar-refractivity contribution in [3.05, 3.63) is 23.0 Å². The summed E-state index contributed by atoms with van der Waals surface area (Å²) in [7, 11) is 0. The zero-order valence-corrected chi connectivity index (χ0v) is 7.23. The van der Waals surface area contributed by atoms with Crippen molar-refractivity contribution in [3.8, 4) is 11.8 Å². The first kappa shape index (κ1) is 8.38. The van der Waals surface area contributed by atoms with E-state index in [1.165, 1.54) is 0 Å². The minimum Gasteiger partial charge on any atom is -0.166 e. The number of nitrogens with zero attached hydrogens (tertiary/aromatic N) is 2. The van der Waals surface area contributed by atoms with Crippen LogP contribution in [-0.2, 0) is 0 Å². The molecular weight excluding hydrogens is 180 g/mol. The van der Waals surface area contributed by atoms with Gasteiger partial charge >= 0.3 is 0 Å². The molecule has 1 rings (SSSR count). The third-order valence-corrected chi connectivity index (χ3v) is 1.29. The fourth-order valence-corrected chi connectivity index (χ4v) is 0.693. The lowest BCUT2D eigenvalue weighted by molar-refractivity contribution is 1.01. The van der Waals surface area contributed by atoms with E-state index >= 15 is 0 Å². The second-order valence-electron chi connectivity index (χ2n) is 1.70. The monoisotopic (exact) mass is 184 g/mol. The van der Waals surface area contributed by atoms with E-state index < -0.39 is 0 Å². The van der Waals surface area contributed by atoms with Gasteiger partial charge in [-0.3, -0.25) is 0 Å². The zero-order chi connectivity index (χ0) is 8.10. The first-order valence-electron chi connectivity index (χ1n) is 2.92. The van der Waals surface area contributed by atoms with Crippen molar-refractivity contribution in [3.63, 3.8) is 0 Å². The van der Waals surface area contributed by atoms with E-state index in [1.54, 1.807) is 12.1 Å². The molecule has 0 amide bonds. The van der Waals surface area contributed by atoms with Crippen LogP contribution in [0.2, 0.25) is 5.15 Å². The third kappa shape index (κ3) is 2.79. The van der Waals surface area contributed by atoms with Gasteiger partial charge in [0.05, 0.1) is 5.75 Å². The summed E-state index contributed by atoms with van der Waals surface area (Å²) in [5.41, 5.74) is 0.614. The Kier molecular flexibility index (Phi) is 3.21. The molecule has 0 atom stereocenters. The molecule has 0 aliphatic heterocycles. The average molecular weight is 185 g/mol. The van der Waals surface area contributed by atoms with Crippen LogP contribution in [0.5, 0.6) is 0 Å². The van der Waals surface area contributed by atoms with E-state index in [0.29, 0.717) is 16.6 Å². The number of hydrogen-bond donors (Lipinski definition) is 1. The quantitative estimate of drug-likeness (QED) is 0.488. The topological polar surface area (TPSA) is 25.8 Å². The molecule has 0 radical (unpaired) electrons. The van der Waals surface area contributed by atoms with Gasteiger partial charge in [-0.1, -0.05) is 17.5 Å². The number of thiol groups is 1. The molecule has 2 nitrogen and oxygen atoms in total. The highest BCUT2D eigenvalue weighted by Crippen LogP contribution is 2.00. The molecule has 1 aromatic heterocycles. The summed E-state index contributed by atoms with van der Waals surface area (Å²) in [4.78, 5) is 0. The van der Waals surface area contributed by atoms with E-state index in [0.717, 1.165) is 0 Å². The summed E-state index contributed by atoms with van der Waals surface area (Å²) in [6.45, 7) is 0. The van der Waals surface area contributed by atoms with Crippen molar-refractivity contribution < 1.29 is 0 Å². The van der Waals surface area contributed by atoms with Gasteiger partial charge in [-0.2, -0.15) is 12.6 Å². The van der Waals surface area contributed by atoms with Gasteiger partial charge in [0.1, 0.15) is 5.69 Å². The maximum absolute atomic E-state index is 5.51. The summed E-state index contributed by atoms with van der Waals surface area (Å²) in [6, 6.07) is 3.36. The van der Waals surface area contributed by atoms with Gasteiger partial charge in [0.2, 0.25) is 0 Å². The highest BCUT2D eigenvalue weighted by Gasteiger charge is 1.88. The maximum atomic E-state index is 5.51. The van der Waals surface area contributed by atoms with Crippen molar-refractivity contribution in [2.75, 3.05) is 5.75 Å². The Morgan fingerprint density at radius 2 is 2.27 bits per heavy atom. The van der Waals surface area contributed by atoms with Crippen molar-refractivity contribution in [2.24, 2.45) is 0 Å². The molecule has 0 saturated carbocycles. The van der Waals surface area contributed by atoms with Crippen molar-refractivity contribution in [1.82, 2.24) is 10.2 Å². The Balaban J connectivity index is 2.82. The summed E-state index contributed by atoms with van der Waals surface area (Å²) in [5.74, 6) is 6.03. The fraction of sp³-hybridized carbons (Fsp3) is 0.143. The van der Waals surface area contributed by atoms with Gasteiger partial charge in [-0.15, -0.1) is 10.2 Å². The van der Waals surface area contributed by atoms with E-state index in [-0.39, 0.29) is 0 Å². The smallest absolute Gasteiger partial charge is 0.151 e. The lowest BCUT2D eigenvalue weighted by atomic mass is 10.4. The molecule has 1 aromatic rings. The first-order valence-corrected chi connectivity index (χ1v) is 3.93. The first-order chi connectivity index (χ1) is 5.33. The molecule has 1 heterocycles. The van der Waals surface area contributed by atoms with Gasteiger partial charge < -0.3 is 0 Å². The van der Waals surface area contributed by atoms with Crippen LogP contribution in [0.1, 0.15) is 5.69 Å². The summed E-state index contributed by atoms with van der Waals surface area (Å²) >= 11 is 9.43. The molecule has 0 aliphatic rings. The van der Waals surface area contributed by atoms with Gasteiger partial charge in [-0.25, -0.2) is 0 Å². The van der Waals surface area contributed by atoms with Gasteiger partial charge in [0, 0.05) is 0 Å². The standard InChI is InChI=1S/C7H5ClN2S/c8-7-4-3-6(9-10-7)2-1-5-11/h3-4,11H,5H2. The van der Waals surface area contributed by atoms with Crippen LogP contribution in [-0.4, -0.2) is 16.0 Å². The fourth-order valence-electron chi connectivity index (χ4n) is 0.513. The lowest BCUT2D eigenvalue weighted by Gasteiger charge is -1.86. The normalized spacial score (nSPS) is 8.55. The van der Waals surface area contributed by atoms with Gasteiger partial charge in [-0.05, 0) is 18.1 Å². The minimum absolute atomic E-state index is 0.376. The molecule has 0 saturated heterocycles. The molecule has 0 aliphatic carbocycles. The van der Waals surface area contributed by atoms with Crippen LogP contribution >= 0.6 is 24.2 Å².